The molecule has 0 aliphatic heterocycles. The highest BCUT2D eigenvalue weighted by Crippen LogP contribution is 2.23. The summed E-state index contributed by atoms with van der Waals surface area (Å²) >= 11 is 0. The topological polar surface area (TPSA) is 94.7 Å². The monoisotopic (exact) mass is 412 g/mol. The lowest BCUT2D eigenvalue weighted by molar-refractivity contribution is -0.192. The molecule has 0 aliphatic rings. The predicted octanol–water partition coefficient (Wildman–Crippen LogP) is 4.65. The molecule has 29 heavy (non-hydrogen) atoms. The van der Waals surface area contributed by atoms with Gasteiger partial charge in [0.25, 0.3) is 0 Å². The van der Waals surface area contributed by atoms with Gasteiger partial charge in [-0.15, -0.1) is 0 Å². The van der Waals surface area contributed by atoms with E-state index in [0.29, 0.717) is 11.6 Å². The SMILES string of the molecule is CC(N)C=Cc1ccc(Oc2ccc(OC(C)C)nc2)cc1.O=C(O)C(F)(F)F. The molecule has 0 saturated carbocycles. The third-order valence-electron chi connectivity index (χ3n) is 3.02. The number of aliphatic carboxylic acids is 1. The zero-order valence-electron chi connectivity index (χ0n) is 16.2. The van der Waals surface area contributed by atoms with E-state index in [1.54, 1.807) is 12.3 Å². The third kappa shape index (κ3) is 10.2. The Hall–Kier alpha value is -3.07. The molecule has 2 rings (SSSR count). The predicted molar refractivity (Wildman–Crippen MR) is 103 cm³/mol. The number of aromatic nitrogens is 1. The van der Waals surface area contributed by atoms with Crippen LogP contribution in [0.3, 0.4) is 0 Å². The summed E-state index contributed by atoms with van der Waals surface area (Å²) in [6.07, 6.45) is 0.624. The highest BCUT2D eigenvalue weighted by atomic mass is 19.4. The first kappa shape index (κ1) is 24.0. The Bertz CT molecular complexity index is 787. The van der Waals surface area contributed by atoms with Crippen molar-refractivity contribution >= 4 is 12.0 Å². The molecule has 0 radical (unpaired) electrons. The van der Waals surface area contributed by atoms with E-state index in [0.717, 1.165) is 11.3 Å². The fraction of sp³-hybridized carbons (Fsp3) is 0.300. The summed E-state index contributed by atoms with van der Waals surface area (Å²) < 4.78 is 43.0. The lowest BCUT2D eigenvalue weighted by atomic mass is 10.2. The van der Waals surface area contributed by atoms with Crippen LogP contribution in [0.4, 0.5) is 13.2 Å². The molecule has 0 saturated heterocycles. The maximum atomic E-state index is 10.6. The number of halogens is 3. The lowest BCUT2D eigenvalue weighted by Gasteiger charge is -2.09. The number of carbonyl (C=O) groups is 1. The normalized spacial score (nSPS) is 12.3. The second-order valence-corrected chi connectivity index (χ2v) is 6.19. The molecule has 1 aromatic carbocycles. The van der Waals surface area contributed by atoms with E-state index in [9.17, 15) is 13.2 Å². The average molecular weight is 412 g/mol. The van der Waals surface area contributed by atoms with Crippen molar-refractivity contribution < 1.29 is 32.5 Å². The number of carboxylic acids is 1. The molecule has 0 bridgehead atoms. The molecule has 3 N–H and O–H groups in total. The van der Waals surface area contributed by atoms with Crippen molar-refractivity contribution in [1.29, 1.82) is 0 Å². The Labute approximate surface area is 166 Å². The molecular formula is C20H23F3N2O4. The zero-order chi connectivity index (χ0) is 22.0. The zero-order valence-corrected chi connectivity index (χ0v) is 16.2. The largest absolute Gasteiger partial charge is 0.490 e. The molecule has 158 valence electrons. The molecule has 0 spiro atoms. The van der Waals surface area contributed by atoms with Crippen LogP contribution in [-0.4, -0.2) is 34.4 Å². The Balaban J connectivity index is 0.000000516. The molecule has 0 fully saturated rings. The van der Waals surface area contributed by atoms with Gasteiger partial charge in [0.2, 0.25) is 5.88 Å². The quantitative estimate of drug-likeness (QED) is 0.717. The first-order valence-electron chi connectivity index (χ1n) is 8.62. The number of nitrogens with two attached hydrogens (primary N) is 1. The average Bonchev–Trinajstić information content (AvgIpc) is 2.62. The second-order valence-electron chi connectivity index (χ2n) is 6.19. The molecule has 1 heterocycles. The van der Waals surface area contributed by atoms with Crippen LogP contribution in [0.1, 0.15) is 26.3 Å². The van der Waals surface area contributed by atoms with Crippen LogP contribution in [0.2, 0.25) is 0 Å². The number of rotatable bonds is 6. The van der Waals surface area contributed by atoms with Crippen molar-refractivity contribution in [3.8, 4) is 17.4 Å². The van der Waals surface area contributed by atoms with Crippen LogP contribution in [0.25, 0.3) is 6.08 Å². The minimum atomic E-state index is -5.08. The number of benzene rings is 1. The van der Waals surface area contributed by atoms with E-state index in [1.807, 2.05) is 63.3 Å². The summed E-state index contributed by atoms with van der Waals surface area (Å²) in [4.78, 5) is 13.1. The summed E-state index contributed by atoms with van der Waals surface area (Å²) in [7, 11) is 0. The smallest absolute Gasteiger partial charge is 0.475 e. The first-order chi connectivity index (χ1) is 13.5. The van der Waals surface area contributed by atoms with Crippen LogP contribution >= 0.6 is 0 Å². The lowest BCUT2D eigenvalue weighted by Crippen LogP contribution is -2.21. The summed E-state index contributed by atoms with van der Waals surface area (Å²) in [5.41, 5.74) is 6.77. The van der Waals surface area contributed by atoms with E-state index in [2.05, 4.69) is 4.98 Å². The van der Waals surface area contributed by atoms with Crippen LogP contribution in [0.5, 0.6) is 17.4 Å². The van der Waals surface area contributed by atoms with Crippen LogP contribution < -0.4 is 15.2 Å². The van der Waals surface area contributed by atoms with Crippen molar-refractivity contribution in [3.63, 3.8) is 0 Å². The van der Waals surface area contributed by atoms with Crippen LogP contribution in [0, 0.1) is 0 Å². The minimum Gasteiger partial charge on any atom is -0.475 e. The Morgan fingerprint density at radius 3 is 2.07 bits per heavy atom. The van der Waals surface area contributed by atoms with Crippen molar-refractivity contribution in [1.82, 2.24) is 4.98 Å². The van der Waals surface area contributed by atoms with Crippen molar-refractivity contribution in [2.45, 2.75) is 39.1 Å². The Morgan fingerprint density at radius 1 is 1.10 bits per heavy atom. The molecule has 1 atom stereocenters. The van der Waals surface area contributed by atoms with Gasteiger partial charge in [-0.05, 0) is 44.5 Å². The number of pyridine rings is 1. The maximum absolute atomic E-state index is 10.6. The summed E-state index contributed by atoms with van der Waals surface area (Å²) in [5.74, 6) is -0.724. The van der Waals surface area contributed by atoms with E-state index >= 15 is 0 Å². The van der Waals surface area contributed by atoms with Gasteiger partial charge in [-0.3, -0.25) is 0 Å². The molecular weight excluding hydrogens is 389 g/mol. The van der Waals surface area contributed by atoms with Crippen LogP contribution in [-0.2, 0) is 4.79 Å². The molecule has 1 unspecified atom stereocenters. The number of hydrogen-bond acceptors (Lipinski definition) is 5. The summed E-state index contributed by atoms with van der Waals surface area (Å²) in [5, 5.41) is 7.12. The number of hydrogen-bond donors (Lipinski definition) is 2. The van der Waals surface area contributed by atoms with E-state index in [-0.39, 0.29) is 12.1 Å². The van der Waals surface area contributed by atoms with E-state index < -0.39 is 12.1 Å². The van der Waals surface area contributed by atoms with Gasteiger partial charge < -0.3 is 20.3 Å². The van der Waals surface area contributed by atoms with Crippen molar-refractivity contribution in [3.05, 3.63) is 54.2 Å². The number of ether oxygens (including phenoxy) is 2. The summed E-state index contributed by atoms with van der Waals surface area (Å²) in [6, 6.07) is 11.5. The van der Waals surface area contributed by atoms with Gasteiger partial charge in [0, 0.05) is 12.1 Å². The van der Waals surface area contributed by atoms with Gasteiger partial charge in [-0.2, -0.15) is 13.2 Å². The number of alkyl halides is 3. The molecule has 9 heteroatoms. The fourth-order valence-electron chi connectivity index (χ4n) is 1.78. The van der Waals surface area contributed by atoms with Gasteiger partial charge in [0.15, 0.2) is 0 Å². The molecule has 6 nitrogen and oxygen atoms in total. The van der Waals surface area contributed by atoms with Crippen LogP contribution in [0.15, 0.2) is 48.7 Å². The molecule has 1 aromatic heterocycles. The van der Waals surface area contributed by atoms with Gasteiger partial charge in [-0.25, -0.2) is 9.78 Å². The number of nitrogens with zero attached hydrogens (tertiary/aromatic N) is 1. The molecule has 2 aromatic rings. The maximum Gasteiger partial charge on any atom is 0.490 e. The number of carboxylic acid groups (broad SMARTS) is 1. The van der Waals surface area contributed by atoms with Gasteiger partial charge in [-0.1, -0.05) is 24.3 Å². The summed E-state index contributed by atoms with van der Waals surface area (Å²) in [6.45, 7) is 5.87. The highest BCUT2D eigenvalue weighted by molar-refractivity contribution is 5.73. The van der Waals surface area contributed by atoms with Gasteiger partial charge >= 0.3 is 12.1 Å². The van der Waals surface area contributed by atoms with Gasteiger partial charge in [0.1, 0.15) is 11.5 Å². The third-order valence-corrected chi connectivity index (χ3v) is 3.02. The minimum absolute atomic E-state index is 0.0496. The standard InChI is InChI=1S/C18H22N2O2.C2HF3O2/c1-13(2)21-18-11-10-17(12-20-18)22-16-8-6-15(7-9-16)5-4-14(3)19;3-2(4,5)1(6)7/h4-14H,19H2,1-3H3;(H,6,7). The Kier molecular flexibility index (Phi) is 9.14. The van der Waals surface area contributed by atoms with Crippen molar-refractivity contribution in [2.24, 2.45) is 5.73 Å². The second kappa shape index (κ2) is 11.1. The van der Waals surface area contributed by atoms with E-state index in [4.69, 9.17) is 25.1 Å². The first-order valence-corrected chi connectivity index (χ1v) is 8.62. The Morgan fingerprint density at radius 2 is 1.66 bits per heavy atom. The molecule has 0 aliphatic carbocycles. The van der Waals surface area contributed by atoms with E-state index in [1.165, 1.54) is 0 Å². The van der Waals surface area contributed by atoms with Gasteiger partial charge in [0.05, 0.1) is 12.3 Å². The highest BCUT2D eigenvalue weighted by Gasteiger charge is 2.38. The fourth-order valence-corrected chi connectivity index (χ4v) is 1.78. The van der Waals surface area contributed by atoms with Crippen molar-refractivity contribution in [2.75, 3.05) is 0 Å². The molecule has 0 amide bonds.